The Morgan fingerprint density at radius 2 is 2.50 bits per heavy atom. The number of nitriles is 1. The van der Waals surface area contributed by atoms with Crippen molar-refractivity contribution in [3.63, 3.8) is 0 Å². The van der Waals surface area contributed by atoms with E-state index in [1.54, 1.807) is 18.2 Å². The Morgan fingerprint density at radius 1 is 1.67 bits per heavy atom. The minimum absolute atomic E-state index is 0.574. The average Bonchev–Trinajstić information content (AvgIpc) is 2.15. The van der Waals surface area contributed by atoms with E-state index in [9.17, 15) is 0 Å². The van der Waals surface area contributed by atoms with E-state index in [1.807, 2.05) is 0 Å². The number of anilines is 1. The molecule has 61 valence electrons. The van der Waals surface area contributed by atoms with Gasteiger partial charge in [0, 0.05) is 24.8 Å². The first-order chi connectivity index (χ1) is 5.86. The molecule has 1 radical (unpaired) electrons. The smallest absolute Gasteiger partial charge is 0.0992 e. The second kappa shape index (κ2) is 4.37. The first-order valence-corrected chi connectivity index (χ1v) is 3.72. The van der Waals surface area contributed by atoms with E-state index in [0.29, 0.717) is 18.7 Å². The second-order valence-electron chi connectivity index (χ2n) is 2.32. The maximum atomic E-state index is 8.57. The van der Waals surface area contributed by atoms with Crippen LogP contribution in [-0.4, -0.2) is 13.1 Å². The summed E-state index contributed by atoms with van der Waals surface area (Å²) < 4.78 is 0. The van der Waals surface area contributed by atoms with Crippen molar-refractivity contribution in [3.05, 3.63) is 29.8 Å². The Bertz CT molecular complexity index is 288. The third kappa shape index (κ3) is 2.26. The van der Waals surface area contributed by atoms with Gasteiger partial charge >= 0.3 is 0 Å². The predicted octanol–water partition coefficient (Wildman–Crippen LogP) is 0.729. The molecule has 0 amide bonds. The molecule has 0 unspecified atom stereocenters. The SMILES string of the molecule is N#Cc1cc[c]c(NCCN)c1. The van der Waals surface area contributed by atoms with Gasteiger partial charge < -0.3 is 11.1 Å². The molecule has 3 N–H and O–H groups in total. The van der Waals surface area contributed by atoms with Crippen LogP contribution in [0, 0.1) is 17.4 Å². The zero-order valence-electron chi connectivity index (χ0n) is 6.67. The van der Waals surface area contributed by atoms with Crippen molar-refractivity contribution in [1.82, 2.24) is 0 Å². The van der Waals surface area contributed by atoms with E-state index in [-0.39, 0.29) is 0 Å². The van der Waals surface area contributed by atoms with Crippen molar-refractivity contribution in [2.75, 3.05) is 18.4 Å². The Hall–Kier alpha value is -1.53. The number of hydrogen-bond acceptors (Lipinski definition) is 3. The van der Waals surface area contributed by atoms with Gasteiger partial charge in [0.05, 0.1) is 11.6 Å². The van der Waals surface area contributed by atoms with Crippen molar-refractivity contribution in [2.24, 2.45) is 5.73 Å². The van der Waals surface area contributed by atoms with Gasteiger partial charge in [-0.05, 0) is 12.1 Å². The van der Waals surface area contributed by atoms with Gasteiger partial charge in [0.2, 0.25) is 0 Å². The third-order valence-corrected chi connectivity index (χ3v) is 1.39. The molecule has 3 nitrogen and oxygen atoms in total. The summed E-state index contributed by atoms with van der Waals surface area (Å²) >= 11 is 0. The maximum Gasteiger partial charge on any atom is 0.0992 e. The van der Waals surface area contributed by atoms with E-state index in [1.165, 1.54) is 0 Å². The summed E-state index contributed by atoms with van der Waals surface area (Å²) in [5.74, 6) is 0. The zero-order chi connectivity index (χ0) is 8.81. The lowest BCUT2D eigenvalue weighted by Crippen LogP contribution is -2.13. The molecule has 1 aromatic rings. The number of rotatable bonds is 3. The quantitative estimate of drug-likeness (QED) is 0.685. The molecule has 0 spiro atoms. The van der Waals surface area contributed by atoms with Gasteiger partial charge in [-0.25, -0.2) is 0 Å². The molecule has 0 aliphatic heterocycles. The van der Waals surface area contributed by atoms with Crippen LogP contribution in [0.5, 0.6) is 0 Å². The van der Waals surface area contributed by atoms with E-state index < -0.39 is 0 Å². The highest BCUT2D eigenvalue weighted by Gasteiger charge is 1.92. The number of nitrogens with two attached hydrogens (primary N) is 1. The summed E-state index contributed by atoms with van der Waals surface area (Å²) in [5.41, 5.74) is 6.76. The average molecular weight is 160 g/mol. The minimum Gasteiger partial charge on any atom is -0.383 e. The molecule has 0 atom stereocenters. The highest BCUT2D eigenvalue weighted by molar-refractivity contribution is 5.48. The lowest BCUT2D eigenvalue weighted by Gasteiger charge is -2.02. The zero-order valence-corrected chi connectivity index (χ0v) is 6.67. The summed E-state index contributed by atoms with van der Waals surface area (Å²) in [6.07, 6.45) is 0. The monoisotopic (exact) mass is 160 g/mol. The van der Waals surface area contributed by atoms with Crippen molar-refractivity contribution < 1.29 is 0 Å². The molecule has 0 saturated heterocycles. The second-order valence-corrected chi connectivity index (χ2v) is 2.32. The molecule has 0 heterocycles. The van der Waals surface area contributed by atoms with Crippen molar-refractivity contribution in [3.8, 4) is 6.07 Å². The Balaban J connectivity index is 2.68. The standard InChI is InChI=1S/C9H10N3/c10-4-5-12-9-3-1-2-8(6-9)7-11/h1-2,6,12H,4-5,10H2. The van der Waals surface area contributed by atoms with Crippen LogP contribution >= 0.6 is 0 Å². The molecule has 0 aliphatic rings. The van der Waals surface area contributed by atoms with Gasteiger partial charge in [0.15, 0.2) is 0 Å². The van der Waals surface area contributed by atoms with Crippen LogP contribution in [0.4, 0.5) is 5.69 Å². The summed E-state index contributed by atoms with van der Waals surface area (Å²) in [7, 11) is 0. The molecule has 0 fully saturated rings. The van der Waals surface area contributed by atoms with Gasteiger partial charge in [0.1, 0.15) is 0 Å². The molecule has 0 aromatic heterocycles. The van der Waals surface area contributed by atoms with Crippen LogP contribution in [0.25, 0.3) is 0 Å². The Morgan fingerprint density at radius 3 is 3.17 bits per heavy atom. The van der Waals surface area contributed by atoms with Crippen LogP contribution in [0.1, 0.15) is 5.56 Å². The highest BCUT2D eigenvalue weighted by Crippen LogP contribution is 2.07. The lowest BCUT2D eigenvalue weighted by molar-refractivity contribution is 1.02. The van der Waals surface area contributed by atoms with Crippen LogP contribution in [0.3, 0.4) is 0 Å². The molecule has 0 bridgehead atoms. The predicted molar refractivity (Wildman–Crippen MR) is 47.5 cm³/mol. The third-order valence-electron chi connectivity index (χ3n) is 1.39. The van der Waals surface area contributed by atoms with Gasteiger partial charge in [-0.2, -0.15) is 5.26 Å². The molecule has 1 aromatic carbocycles. The molecule has 1 rings (SSSR count). The largest absolute Gasteiger partial charge is 0.383 e. The van der Waals surface area contributed by atoms with E-state index >= 15 is 0 Å². The maximum absolute atomic E-state index is 8.57. The van der Waals surface area contributed by atoms with Crippen molar-refractivity contribution >= 4 is 5.69 Å². The van der Waals surface area contributed by atoms with Crippen LogP contribution in [0.2, 0.25) is 0 Å². The topological polar surface area (TPSA) is 61.8 Å². The molecular formula is C9H10N3. The van der Waals surface area contributed by atoms with Crippen LogP contribution in [-0.2, 0) is 0 Å². The van der Waals surface area contributed by atoms with Gasteiger partial charge in [-0.15, -0.1) is 0 Å². The van der Waals surface area contributed by atoms with Gasteiger partial charge in [0.25, 0.3) is 0 Å². The summed E-state index contributed by atoms with van der Waals surface area (Å²) in [6.45, 7) is 1.27. The van der Waals surface area contributed by atoms with Crippen LogP contribution < -0.4 is 11.1 Å². The number of nitrogens with zero attached hydrogens (tertiary/aromatic N) is 1. The summed E-state index contributed by atoms with van der Waals surface area (Å²) in [6, 6.07) is 10.2. The van der Waals surface area contributed by atoms with E-state index in [2.05, 4.69) is 17.5 Å². The summed E-state index contributed by atoms with van der Waals surface area (Å²) in [5, 5.41) is 11.6. The van der Waals surface area contributed by atoms with Crippen molar-refractivity contribution in [1.29, 1.82) is 5.26 Å². The van der Waals surface area contributed by atoms with Crippen molar-refractivity contribution in [2.45, 2.75) is 0 Å². The minimum atomic E-state index is 0.574. The fraction of sp³-hybridized carbons (Fsp3) is 0.222. The first-order valence-electron chi connectivity index (χ1n) is 3.72. The summed E-state index contributed by atoms with van der Waals surface area (Å²) in [4.78, 5) is 0. The number of hydrogen-bond donors (Lipinski definition) is 2. The number of benzene rings is 1. The van der Waals surface area contributed by atoms with Gasteiger partial charge in [-0.3, -0.25) is 0 Å². The van der Waals surface area contributed by atoms with E-state index in [0.717, 1.165) is 5.69 Å². The molecule has 0 aliphatic carbocycles. The normalized spacial score (nSPS) is 9.00. The highest BCUT2D eigenvalue weighted by atomic mass is 14.9. The lowest BCUT2D eigenvalue weighted by atomic mass is 10.2. The fourth-order valence-electron chi connectivity index (χ4n) is 0.845. The molecule has 3 heteroatoms. The Kier molecular flexibility index (Phi) is 3.12. The van der Waals surface area contributed by atoms with Gasteiger partial charge in [-0.1, -0.05) is 6.07 Å². The first kappa shape index (κ1) is 8.57. The van der Waals surface area contributed by atoms with E-state index in [4.69, 9.17) is 11.0 Å². The Labute approximate surface area is 71.8 Å². The van der Waals surface area contributed by atoms with Crippen LogP contribution in [0.15, 0.2) is 18.2 Å². The molecule has 0 saturated carbocycles. The number of nitrogens with one attached hydrogen (secondary N) is 1. The molecular weight excluding hydrogens is 150 g/mol. The molecule has 12 heavy (non-hydrogen) atoms. The fourth-order valence-corrected chi connectivity index (χ4v) is 0.845.